The minimum atomic E-state index is -0.167. The van der Waals surface area contributed by atoms with Gasteiger partial charge >= 0.3 is 0 Å². The number of likely N-dealkylation sites (tertiary alicyclic amines) is 1. The number of nitrogens with zero attached hydrogens (tertiary/aromatic N) is 3. The summed E-state index contributed by atoms with van der Waals surface area (Å²) in [6.07, 6.45) is 0. The van der Waals surface area contributed by atoms with E-state index in [1.165, 1.54) is 10.9 Å². The summed E-state index contributed by atoms with van der Waals surface area (Å²) < 4.78 is 13.1. The Morgan fingerprint density at radius 3 is 2.48 bits per heavy atom. The third-order valence-electron chi connectivity index (χ3n) is 7.37. The molecule has 2 aliphatic rings. The molecule has 2 aliphatic heterocycles. The number of aliphatic hydroxyl groups is 1. The fourth-order valence-electron chi connectivity index (χ4n) is 5.80. The normalized spacial score (nSPS) is 19.4. The number of aryl methyl sites for hydroxylation is 1. The van der Waals surface area contributed by atoms with Crippen molar-refractivity contribution in [2.75, 3.05) is 40.5 Å². The third-order valence-corrected chi connectivity index (χ3v) is 7.37. The van der Waals surface area contributed by atoms with Gasteiger partial charge < -0.3 is 24.0 Å². The van der Waals surface area contributed by atoms with Crippen LogP contribution >= 0.6 is 0 Å². The molecule has 0 saturated carbocycles. The number of carbonyl (C=O) groups excluding carboxylic acids is 1. The number of aromatic nitrogens is 1. The fraction of sp³-hybridized carbons (Fsp3) is 0.423. The molecule has 1 amide bonds. The van der Waals surface area contributed by atoms with Crippen LogP contribution in [0.25, 0.3) is 10.9 Å². The highest BCUT2D eigenvalue weighted by Crippen LogP contribution is 2.50. The average Bonchev–Trinajstić information content (AvgIpc) is 3.09. The van der Waals surface area contributed by atoms with Crippen molar-refractivity contribution in [3.63, 3.8) is 0 Å². The number of ether oxygens (including phenoxy) is 2. The fourth-order valence-corrected chi connectivity index (χ4v) is 5.80. The topological polar surface area (TPSA) is 67.2 Å². The number of fused-ring (bicyclic) bond motifs is 4. The van der Waals surface area contributed by atoms with Crippen LogP contribution in [-0.4, -0.2) is 65.8 Å². The molecule has 0 aliphatic carbocycles. The number of methoxy groups -OCH3 is 2. The van der Waals surface area contributed by atoms with E-state index in [-0.39, 0.29) is 24.0 Å². The highest BCUT2D eigenvalue weighted by Gasteiger charge is 2.53. The van der Waals surface area contributed by atoms with Gasteiger partial charge in [0.25, 0.3) is 0 Å². The van der Waals surface area contributed by atoms with Gasteiger partial charge in [-0.05, 0) is 35.4 Å². The van der Waals surface area contributed by atoms with Gasteiger partial charge in [0.15, 0.2) is 0 Å². The molecule has 1 saturated heterocycles. The molecule has 3 aromatic rings. The number of aliphatic hydroxyl groups excluding tert-OH is 1. The molecule has 174 valence electrons. The maximum atomic E-state index is 12.1. The zero-order chi connectivity index (χ0) is 23.3. The van der Waals surface area contributed by atoms with Gasteiger partial charge in [0.05, 0.1) is 32.4 Å². The van der Waals surface area contributed by atoms with E-state index in [0.717, 1.165) is 34.8 Å². The smallest absolute Gasteiger partial charge is 0.219 e. The lowest BCUT2D eigenvalue weighted by atomic mass is 9.68. The summed E-state index contributed by atoms with van der Waals surface area (Å²) in [4.78, 5) is 16.4. The lowest BCUT2D eigenvalue weighted by Crippen LogP contribution is -2.67. The molecule has 1 N–H and O–H groups in total. The Morgan fingerprint density at radius 2 is 1.82 bits per heavy atom. The van der Waals surface area contributed by atoms with Crippen LogP contribution in [0.1, 0.15) is 29.8 Å². The first-order chi connectivity index (χ1) is 15.9. The van der Waals surface area contributed by atoms with Crippen molar-refractivity contribution in [2.45, 2.75) is 24.9 Å². The molecule has 1 spiro atoms. The Morgan fingerprint density at radius 1 is 1.09 bits per heavy atom. The van der Waals surface area contributed by atoms with Gasteiger partial charge in [0.1, 0.15) is 11.5 Å². The zero-order valence-corrected chi connectivity index (χ0v) is 19.7. The first kappa shape index (κ1) is 21.8. The van der Waals surface area contributed by atoms with Gasteiger partial charge in [-0.2, -0.15) is 0 Å². The van der Waals surface area contributed by atoms with E-state index in [2.05, 4.69) is 34.7 Å². The summed E-state index contributed by atoms with van der Waals surface area (Å²) in [7, 11) is 5.41. The standard InChI is InChI=1S/C26H31N3O4/c1-17(31)29-15-26(16-29)14-28(12-18-6-5-7-19(10-18)32-3)23(13-30)25-24(26)21-9-8-20(33-4)11-22(21)27(25)2/h5-11,23,30H,12-16H2,1-4H3/t23-/m1/s1. The largest absolute Gasteiger partial charge is 0.497 e. The number of hydrogen-bond acceptors (Lipinski definition) is 5. The third kappa shape index (κ3) is 3.38. The summed E-state index contributed by atoms with van der Waals surface area (Å²) in [6.45, 7) is 4.49. The number of carbonyl (C=O) groups is 1. The van der Waals surface area contributed by atoms with Gasteiger partial charge in [-0.25, -0.2) is 0 Å². The van der Waals surface area contributed by atoms with Gasteiger partial charge in [-0.3, -0.25) is 9.69 Å². The van der Waals surface area contributed by atoms with Crippen LogP contribution in [0.4, 0.5) is 0 Å². The second kappa shape index (κ2) is 8.08. The molecule has 7 nitrogen and oxygen atoms in total. The SMILES string of the molecule is COc1cccc(CN2CC3(CN(C(C)=O)C3)c3c(n(C)c4cc(OC)ccc34)[C@H]2CO)c1. The first-order valence-electron chi connectivity index (χ1n) is 11.3. The molecule has 0 radical (unpaired) electrons. The lowest BCUT2D eigenvalue weighted by Gasteiger charge is -2.56. The van der Waals surface area contributed by atoms with Crippen molar-refractivity contribution in [2.24, 2.45) is 7.05 Å². The Labute approximate surface area is 194 Å². The number of rotatable bonds is 5. The summed E-state index contributed by atoms with van der Waals surface area (Å²) >= 11 is 0. The highest BCUT2D eigenvalue weighted by molar-refractivity contribution is 5.89. The quantitative estimate of drug-likeness (QED) is 0.649. The van der Waals surface area contributed by atoms with E-state index < -0.39 is 0 Å². The molecule has 0 bridgehead atoms. The molecule has 5 rings (SSSR count). The van der Waals surface area contributed by atoms with E-state index in [1.807, 2.05) is 29.2 Å². The van der Waals surface area contributed by atoms with Crippen molar-refractivity contribution in [1.29, 1.82) is 0 Å². The van der Waals surface area contributed by atoms with E-state index >= 15 is 0 Å². The molecule has 1 atom stereocenters. The van der Waals surface area contributed by atoms with Gasteiger partial charge in [0, 0.05) is 62.7 Å². The van der Waals surface area contributed by atoms with Crippen molar-refractivity contribution < 1.29 is 19.4 Å². The summed E-state index contributed by atoms with van der Waals surface area (Å²) in [5, 5.41) is 11.7. The van der Waals surface area contributed by atoms with Crippen LogP contribution in [0.2, 0.25) is 0 Å². The van der Waals surface area contributed by atoms with Crippen molar-refractivity contribution in [3.8, 4) is 11.5 Å². The number of benzene rings is 2. The van der Waals surface area contributed by atoms with Crippen molar-refractivity contribution in [3.05, 3.63) is 59.3 Å². The molecular weight excluding hydrogens is 418 g/mol. The minimum Gasteiger partial charge on any atom is -0.497 e. The molecule has 1 fully saturated rings. The predicted octanol–water partition coefficient (Wildman–Crippen LogP) is 2.84. The predicted molar refractivity (Wildman–Crippen MR) is 127 cm³/mol. The van der Waals surface area contributed by atoms with Crippen LogP contribution in [0.5, 0.6) is 11.5 Å². The van der Waals surface area contributed by atoms with E-state index in [0.29, 0.717) is 19.6 Å². The van der Waals surface area contributed by atoms with Gasteiger partial charge in [-0.15, -0.1) is 0 Å². The Kier molecular flexibility index (Phi) is 5.34. The molecule has 1 aromatic heterocycles. The molecule has 3 heterocycles. The highest BCUT2D eigenvalue weighted by atomic mass is 16.5. The lowest BCUT2D eigenvalue weighted by molar-refractivity contribution is -0.138. The summed E-state index contributed by atoms with van der Waals surface area (Å²) in [6, 6.07) is 14.1. The van der Waals surface area contributed by atoms with Gasteiger partial charge in [0.2, 0.25) is 5.91 Å². The Balaban J connectivity index is 1.64. The van der Waals surface area contributed by atoms with Crippen LogP contribution in [0, 0.1) is 0 Å². The minimum absolute atomic E-state index is 0.0186. The Hall–Kier alpha value is -3.03. The molecular formula is C26H31N3O4. The van der Waals surface area contributed by atoms with E-state index in [4.69, 9.17) is 9.47 Å². The molecule has 2 aromatic carbocycles. The van der Waals surface area contributed by atoms with E-state index in [1.54, 1.807) is 21.1 Å². The molecule has 33 heavy (non-hydrogen) atoms. The average molecular weight is 450 g/mol. The molecule has 7 heteroatoms. The van der Waals surface area contributed by atoms with Gasteiger partial charge in [-0.1, -0.05) is 12.1 Å². The number of amides is 1. The van der Waals surface area contributed by atoms with Crippen molar-refractivity contribution in [1.82, 2.24) is 14.4 Å². The van der Waals surface area contributed by atoms with Crippen molar-refractivity contribution >= 4 is 16.8 Å². The Bertz CT molecular complexity index is 1210. The first-order valence-corrected chi connectivity index (χ1v) is 11.3. The monoisotopic (exact) mass is 449 g/mol. The maximum Gasteiger partial charge on any atom is 0.219 e. The van der Waals surface area contributed by atoms with E-state index in [9.17, 15) is 9.90 Å². The summed E-state index contributed by atoms with van der Waals surface area (Å²) in [5.74, 6) is 1.73. The zero-order valence-electron chi connectivity index (χ0n) is 19.7. The summed E-state index contributed by atoms with van der Waals surface area (Å²) in [5.41, 5.74) is 4.44. The second-order valence-electron chi connectivity index (χ2n) is 9.31. The number of hydrogen-bond donors (Lipinski definition) is 1. The van der Waals surface area contributed by atoms with Crippen LogP contribution < -0.4 is 9.47 Å². The second-order valence-corrected chi connectivity index (χ2v) is 9.31. The van der Waals surface area contributed by atoms with Crippen LogP contribution in [0.3, 0.4) is 0 Å². The maximum absolute atomic E-state index is 12.1. The molecule has 0 unspecified atom stereocenters. The van der Waals surface area contributed by atoms with Crippen LogP contribution in [-0.2, 0) is 23.8 Å². The van der Waals surface area contributed by atoms with Crippen LogP contribution in [0.15, 0.2) is 42.5 Å².